The average Bonchev–Trinajstić information content (AvgIpc) is 2.40. The van der Waals surface area contributed by atoms with Crippen molar-refractivity contribution in [3.05, 3.63) is 58.7 Å². The maximum Gasteiger partial charge on any atom is 0.172 e. The molecule has 0 atom stereocenters. The van der Waals surface area contributed by atoms with E-state index in [4.69, 9.17) is 23.2 Å². The van der Waals surface area contributed by atoms with Gasteiger partial charge in [0, 0.05) is 24.6 Å². The predicted molar refractivity (Wildman–Crippen MR) is 80.3 cm³/mol. The van der Waals surface area contributed by atoms with Crippen LogP contribution in [0.2, 0.25) is 10.2 Å². The van der Waals surface area contributed by atoms with Crippen molar-refractivity contribution in [3.8, 4) is 0 Å². The molecule has 104 valence electrons. The molecule has 0 spiro atoms. The van der Waals surface area contributed by atoms with E-state index in [9.17, 15) is 4.39 Å². The van der Waals surface area contributed by atoms with Gasteiger partial charge in [-0.05, 0) is 25.1 Å². The topological polar surface area (TPSA) is 29.0 Å². The molecule has 1 aromatic carbocycles. The molecule has 0 bridgehead atoms. The van der Waals surface area contributed by atoms with Crippen LogP contribution in [0.3, 0.4) is 0 Å². The molecule has 1 aromatic heterocycles. The summed E-state index contributed by atoms with van der Waals surface area (Å²) in [7, 11) is 0. The van der Waals surface area contributed by atoms with Crippen molar-refractivity contribution in [2.45, 2.75) is 6.92 Å². The van der Waals surface area contributed by atoms with Crippen molar-refractivity contribution in [2.75, 3.05) is 11.4 Å². The van der Waals surface area contributed by atoms with Gasteiger partial charge in [0.25, 0.3) is 0 Å². The standard InChI is InChI=1S/C14H12Cl2FN3/c1-9(2)8-20(14-13(16)18-5-6-19-14)10-3-4-12(17)11(15)7-10/h3-7H,1,8H2,2H3. The van der Waals surface area contributed by atoms with Gasteiger partial charge in [0.05, 0.1) is 5.02 Å². The first-order chi connectivity index (χ1) is 9.49. The van der Waals surface area contributed by atoms with Crippen molar-refractivity contribution < 1.29 is 4.39 Å². The van der Waals surface area contributed by atoms with E-state index in [1.807, 2.05) is 6.92 Å². The minimum Gasteiger partial charge on any atom is -0.320 e. The van der Waals surface area contributed by atoms with Gasteiger partial charge in [0.2, 0.25) is 0 Å². The molecule has 0 amide bonds. The Balaban J connectivity index is 2.50. The number of aromatic nitrogens is 2. The van der Waals surface area contributed by atoms with Crippen LogP contribution in [0, 0.1) is 5.82 Å². The SMILES string of the molecule is C=C(C)CN(c1ccc(F)c(Cl)c1)c1nccnc1Cl. The molecule has 6 heteroatoms. The predicted octanol–water partition coefficient (Wildman–Crippen LogP) is 4.64. The fourth-order valence-corrected chi connectivity index (χ4v) is 2.09. The maximum absolute atomic E-state index is 13.3. The maximum atomic E-state index is 13.3. The molecular weight excluding hydrogens is 300 g/mol. The summed E-state index contributed by atoms with van der Waals surface area (Å²) in [6.07, 6.45) is 3.04. The van der Waals surface area contributed by atoms with E-state index in [2.05, 4.69) is 16.5 Å². The molecule has 1 heterocycles. The Morgan fingerprint density at radius 3 is 2.60 bits per heavy atom. The first kappa shape index (κ1) is 14.8. The molecule has 0 aliphatic rings. The Kier molecular flexibility index (Phi) is 4.57. The lowest BCUT2D eigenvalue weighted by Gasteiger charge is -2.24. The summed E-state index contributed by atoms with van der Waals surface area (Å²) >= 11 is 11.9. The monoisotopic (exact) mass is 311 g/mol. The highest BCUT2D eigenvalue weighted by atomic mass is 35.5. The normalized spacial score (nSPS) is 10.4. The third-order valence-corrected chi connectivity index (χ3v) is 3.09. The Labute approximate surface area is 126 Å². The van der Waals surface area contributed by atoms with Crippen LogP contribution in [0.15, 0.2) is 42.7 Å². The second-order valence-corrected chi connectivity index (χ2v) is 5.08. The van der Waals surface area contributed by atoms with Crippen LogP contribution in [0.5, 0.6) is 0 Å². The first-order valence-electron chi connectivity index (χ1n) is 5.82. The van der Waals surface area contributed by atoms with Crippen LogP contribution in [-0.4, -0.2) is 16.5 Å². The van der Waals surface area contributed by atoms with Gasteiger partial charge < -0.3 is 4.90 Å². The van der Waals surface area contributed by atoms with Gasteiger partial charge in [-0.1, -0.05) is 35.4 Å². The second-order valence-electron chi connectivity index (χ2n) is 4.31. The molecule has 0 unspecified atom stereocenters. The Morgan fingerprint density at radius 2 is 2.00 bits per heavy atom. The smallest absolute Gasteiger partial charge is 0.172 e. The lowest BCUT2D eigenvalue weighted by molar-refractivity contribution is 0.628. The van der Waals surface area contributed by atoms with E-state index in [1.165, 1.54) is 24.5 Å². The molecule has 0 N–H and O–H groups in total. The van der Waals surface area contributed by atoms with Crippen LogP contribution < -0.4 is 4.90 Å². The Hall–Kier alpha value is -1.65. The quantitative estimate of drug-likeness (QED) is 0.770. The molecular formula is C14H12Cl2FN3. The van der Waals surface area contributed by atoms with E-state index in [-0.39, 0.29) is 10.2 Å². The van der Waals surface area contributed by atoms with Crippen molar-refractivity contribution in [1.82, 2.24) is 9.97 Å². The average molecular weight is 312 g/mol. The molecule has 0 fully saturated rings. The summed E-state index contributed by atoms with van der Waals surface area (Å²) in [5, 5.41) is 0.295. The van der Waals surface area contributed by atoms with Crippen LogP contribution in [0.4, 0.5) is 15.9 Å². The number of hydrogen-bond donors (Lipinski definition) is 0. The van der Waals surface area contributed by atoms with Crippen molar-refractivity contribution in [1.29, 1.82) is 0 Å². The van der Waals surface area contributed by atoms with Gasteiger partial charge in [0.1, 0.15) is 5.82 Å². The summed E-state index contributed by atoms with van der Waals surface area (Å²) in [6.45, 7) is 6.23. The zero-order valence-electron chi connectivity index (χ0n) is 10.8. The van der Waals surface area contributed by atoms with Crippen molar-refractivity contribution in [3.63, 3.8) is 0 Å². The molecule has 0 saturated heterocycles. The van der Waals surface area contributed by atoms with Crippen LogP contribution >= 0.6 is 23.2 Å². The molecule has 0 radical (unpaired) electrons. The van der Waals surface area contributed by atoms with Crippen molar-refractivity contribution in [2.24, 2.45) is 0 Å². The highest BCUT2D eigenvalue weighted by Gasteiger charge is 2.16. The number of benzene rings is 1. The minimum atomic E-state index is -0.476. The summed E-state index contributed by atoms with van der Waals surface area (Å²) < 4.78 is 13.3. The molecule has 2 aromatic rings. The number of halogens is 3. The zero-order valence-corrected chi connectivity index (χ0v) is 12.3. The number of hydrogen-bond acceptors (Lipinski definition) is 3. The summed E-state index contributed by atoms with van der Waals surface area (Å²) in [5.74, 6) is -0.00391. The fourth-order valence-electron chi connectivity index (χ4n) is 1.71. The van der Waals surface area contributed by atoms with Gasteiger partial charge in [-0.3, -0.25) is 0 Å². The van der Waals surface area contributed by atoms with Crippen LogP contribution in [0.25, 0.3) is 0 Å². The van der Waals surface area contributed by atoms with E-state index in [0.717, 1.165) is 5.57 Å². The van der Waals surface area contributed by atoms with Gasteiger partial charge in [-0.15, -0.1) is 0 Å². The molecule has 3 nitrogen and oxygen atoms in total. The van der Waals surface area contributed by atoms with Gasteiger partial charge in [0.15, 0.2) is 11.0 Å². The molecule has 0 saturated carbocycles. The highest BCUT2D eigenvalue weighted by Crippen LogP contribution is 2.31. The van der Waals surface area contributed by atoms with Gasteiger partial charge in [-0.25, -0.2) is 14.4 Å². The highest BCUT2D eigenvalue weighted by molar-refractivity contribution is 6.32. The Morgan fingerprint density at radius 1 is 1.30 bits per heavy atom. The Bertz CT molecular complexity index is 646. The summed E-state index contributed by atoms with van der Waals surface area (Å²) in [4.78, 5) is 9.99. The van der Waals surface area contributed by atoms with E-state index >= 15 is 0 Å². The third-order valence-electron chi connectivity index (χ3n) is 2.53. The second kappa shape index (κ2) is 6.20. The van der Waals surface area contributed by atoms with Gasteiger partial charge >= 0.3 is 0 Å². The van der Waals surface area contributed by atoms with E-state index in [0.29, 0.717) is 18.1 Å². The van der Waals surface area contributed by atoms with Crippen LogP contribution in [-0.2, 0) is 0 Å². The number of rotatable bonds is 4. The summed E-state index contributed by atoms with van der Waals surface area (Å²) in [6, 6.07) is 4.42. The lowest BCUT2D eigenvalue weighted by Crippen LogP contribution is -2.21. The molecule has 20 heavy (non-hydrogen) atoms. The summed E-state index contributed by atoms with van der Waals surface area (Å²) in [5.41, 5.74) is 1.56. The van der Waals surface area contributed by atoms with Crippen molar-refractivity contribution >= 4 is 34.7 Å². The van der Waals surface area contributed by atoms with E-state index in [1.54, 1.807) is 11.0 Å². The minimum absolute atomic E-state index is 0.0363. The largest absolute Gasteiger partial charge is 0.320 e. The molecule has 0 aliphatic heterocycles. The lowest BCUT2D eigenvalue weighted by atomic mass is 10.2. The molecule has 2 rings (SSSR count). The van der Waals surface area contributed by atoms with Crippen LogP contribution in [0.1, 0.15) is 6.92 Å². The van der Waals surface area contributed by atoms with E-state index < -0.39 is 5.82 Å². The number of nitrogens with zero attached hydrogens (tertiary/aromatic N) is 3. The number of anilines is 2. The zero-order chi connectivity index (χ0) is 14.7. The third kappa shape index (κ3) is 3.26. The van der Waals surface area contributed by atoms with Gasteiger partial charge in [-0.2, -0.15) is 0 Å². The fraction of sp³-hybridized carbons (Fsp3) is 0.143. The molecule has 0 aliphatic carbocycles. The first-order valence-corrected chi connectivity index (χ1v) is 6.58.